The van der Waals surface area contributed by atoms with Crippen LogP contribution in [-0.4, -0.2) is 39.5 Å². The smallest absolute Gasteiger partial charge is 0.331 e. The minimum absolute atomic E-state index is 0.179. The Morgan fingerprint density at radius 2 is 2.07 bits per heavy atom. The summed E-state index contributed by atoms with van der Waals surface area (Å²) in [5.41, 5.74) is 0. The molecule has 0 radical (unpaired) electrons. The van der Waals surface area contributed by atoms with E-state index in [2.05, 4.69) is 4.74 Å². The molecule has 0 spiro atoms. The topological polar surface area (TPSA) is 68.6 Å². The molecule has 0 aliphatic rings. The van der Waals surface area contributed by atoms with Gasteiger partial charge in [0.05, 0.1) is 25.9 Å². The number of esters is 1. The molecule has 0 N–H and O–H groups in total. The van der Waals surface area contributed by atoms with E-state index in [4.69, 9.17) is 14.7 Å². The Morgan fingerprint density at radius 3 is 2.71 bits per heavy atom. The van der Waals surface area contributed by atoms with Crippen molar-refractivity contribution in [2.24, 2.45) is 0 Å². The molecule has 0 heterocycles. The maximum atomic E-state index is 10.8. The second kappa shape index (κ2) is 9.71. The number of rotatable bonds is 7. The van der Waals surface area contributed by atoms with Gasteiger partial charge < -0.3 is 14.2 Å². The molecule has 78 valence electrons. The Hall–Kier alpha value is -1.38. The number of nitrogens with zero attached hydrogens (tertiary/aromatic N) is 1. The van der Waals surface area contributed by atoms with Crippen LogP contribution in [0.15, 0.2) is 12.2 Å². The standard InChI is InChI=1S/C9H13NO4/c1-12-5-6-13-7-8-14-9(11)3-2-4-10/h2-3H,5-8H2,1H3. The van der Waals surface area contributed by atoms with Gasteiger partial charge in [-0.25, -0.2) is 4.79 Å². The fourth-order valence-electron chi connectivity index (χ4n) is 0.599. The van der Waals surface area contributed by atoms with E-state index in [0.717, 1.165) is 12.2 Å². The summed E-state index contributed by atoms with van der Waals surface area (Å²) < 4.78 is 14.5. The molecule has 0 fully saturated rings. The fourth-order valence-corrected chi connectivity index (χ4v) is 0.599. The molecule has 14 heavy (non-hydrogen) atoms. The van der Waals surface area contributed by atoms with E-state index in [1.807, 2.05) is 0 Å². The molecule has 0 saturated carbocycles. The molecule has 0 unspecified atom stereocenters. The quantitative estimate of drug-likeness (QED) is 0.255. The van der Waals surface area contributed by atoms with Crippen LogP contribution in [0.3, 0.4) is 0 Å². The molecule has 0 aliphatic carbocycles. The van der Waals surface area contributed by atoms with E-state index in [-0.39, 0.29) is 6.61 Å². The van der Waals surface area contributed by atoms with Crippen molar-refractivity contribution in [2.45, 2.75) is 0 Å². The lowest BCUT2D eigenvalue weighted by Gasteiger charge is -2.03. The highest BCUT2D eigenvalue weighted by Gasteiger charge is 1.95. The van der Waals surface area contributed by atoms with Crippen LogP contribution in [-0.2, 0) is 19.0 Å². The third-order valence-electron chi connectivity index (χ3n) is 1.20. The van der Waals surface area contributed by atoms with Gasteiger partial charge in [-0.1, -0.05) is 0 Å². The Kier molecular flexibility index (Phi) is 8.75. The van der Waals surface area contributed by atoms with E-state index in [0.29, 0.717) is 19.8 Å². The van der Waals surface area contributed by atoms with E-state index < -0.39 is 5.97 Å². The number of methoxy groups -OCH3 is 1. The summed E-state index contributed by atoms with van der Waals surface area (Å²) in [6.45, 7) is 1.50. The third-order valence-corrected chi connectivity index (χ3v) is 1.20. The third kappa shape index (κ3) is 8.71. The molecule has 0 atom stereocenters. The highest BCUT2D eigenvalue weighted by molar-refractivity contribution is 5.82. The van der Waals surface area contributed by atoms with Crippen molar-refractivity contribution in [1.82, 2.24) is 0 Å². The number of hydrogen-bond donors (Lipinski definition) is 0. The van der Waals surface area contributed by atoms with Crippen LogP contribution in [0.2, 0.25) is 0 Å². The SMILES string of the molecule is COCCOCCOC(=O)C=CC#N. The van der Waals surface area contributed by atoms with Crippen molar-refractivity contribution < 1.29 is 19.0 Å². The van der Waals surface area contributed by atoms with E-state index in [9.17, 15) is 4.79 Å². The van der Waals surface area contributed by atoms with Gasteiger partial charge >= 0.3 is 5.97 Å². The monoisotopic (exact) mass is 199 g/mol. The largest absolute Gasteiger partial charge is 0.460 e. The molecule has 0 aromatic rings. The number of allylic oxidation sites excluding steroid dienone is 1. The molecule has 0 amide bonds. The number of carbonyl (C=O) groups is 1. The van der Waals surface area contributed by atoms with Crippen LogP contribution in [0.25, 0.3) is 0 Å². The molecule has 0 rings (SSSR count). The molecule has 0 saturated heterocycles. The predicted octanol–water partition coefficient (Wildman–Crippen LogP) is 0.272. The molecule has 0 bridgehead atoms. The summed E-state index contributed by atoms with van der Waals surface area (Å²) in [5.74, 6) is -0.540. The first-order valence-electron chi connectivity index (χ1n) is 4.11. The predicted molar refractivity (Wildman–Crippen MR) is 48.4 cm³/mol. The van der Waals surface area contributed by atoms with Crippen LogP contribution < -0.4 is 0 Å². The Bertz CT molecular complexity index is 219. The second-order valence-electron chi connectivity index (χ2n) is 2.24. The molecular formula is C9H13NO4. The van der Waals surface area contributed by atoms with Crippen molar-refractivity contribution in [3.8, 4) is 6.07 Å². The van der Waals surface area contributed by atoms with Gasteiger partial charge in [0.2, 0.25) is 0 Å². The molecule has 5 heteroatoms. The lowest BCUT2D eigenvalue weighted by atomic mass is 10.5. The summed E-state index contributed by atoms with van der Waals surface area (Å²) in [6, 6.07) is 1.69. The van der Waals surface area contributed by atoms with Crippen molar-refractivity contribution >= 4 is 5.97 Å². The van der Waals surface area contributed by atoms with Crippen molar-refractivity contribution in [1.29, 1.82) is 5.26 Å². The first kappa shape index (κ1) is 12.6. The first-order chi connectivity index (χ1) is 6.81. The van der Waals surface area contributed by atoms with Gasteiger partial charge in [-0.3, -0.25) is 0 Å². The average molecular weight is 199 g/mol. The van der Waals surface area contributed by atoms with E-state index in [1.54, 1.807) is 13.2 Å². The summed E-state index contributed by atoms with van der Waals surface area (Å²) >= 11 is 0. The van der Waals surface area contributed by atoms with Gasteiger partial charge in [0.1, 0.15) is 6.61 Å². The molecule has 5 nitrogen and oxygen atoms in total. The minimum atomic E-state index is -0.540. The zero-order chi connectivity index (χ0) is 10.6. The van der Waals surface area contributed by atoms with Crippen molar-refractivity contribution in [2.75, 3.05) is 33.5 Å². The van der Waals surface area contributed by atoms with E-state index >= 15 is 0 Å². The van der Waals surface area contributed by atoms with Crippen LogP contribution in [0.5, 0.6) is 0 Å². The van der Waals surface area contributed by atoms with Gasteiger partial charge in [0.25, 0.3) is 0 Å². The minimum Gasteiger partial charge on any atom is -0.460 e. The lowest BCUT2D eigenvalue weighted by Crippen LogP contribution is -2.10. The number of ether oxygens (including phenoxy) is 3. The van der Waals surface area contributed by atoms with Crippen LogP contribution in [0, 0.1) is 11.3 Å². The summed E-state index contributed by atoms with van der Waals surface area (Å²) in [7, 11) is 1.58. The zero-order valence-corrected chi connectivity index (χ0v) is 8.06. The maximum Gasteiger partial charge on any atom is 0.331 e. The summed E-state index contributed by atoms with van der Waals surface area (Å²) in [4.78, 5) is 10.8. The van der Waals surface area contributed by atoms with Gasteiger partial charge in [-0.05, 0) is 0 Å². The molecule has 0 aromatic heterocycles. The number of carbonyl (C=O) groups excluding carboxylic acids is 1. The lowest BCUT2D eigenvalue weighted by molar-refractivity contribution is -0.139. The Balaban J connectivity index is 3.24. The van der Waals surface area contributed by atoms with Gasteiger partial charge in [0, 0.05) is 19.3 Å². The molecule has 0 aromatic carbocycles. The molecular weight excluding hydrogens is 186 g/mol. The maximum absolute atomic E-state index is 10.8. The fraction of sp³-hybridized carbons (Fsp3) is 0.556. The summed E-state index contributed by atoms with van der Waals surface area (Å²) in [6.07, 6.45) is 2.13. The summed E-state index contributed by atoms with van der Waals surface area (Å²) in [5, 5.41) is 8.10. The first-order valence-corrected chi connectivity index (χ1v) is 4.11. The highest BCUT2D eigenvalue weighted by Crippen LogP contribution is 1.83. The van der Waals surface area contributed by atoms with E-state index in [1.165, 1.54) is 0 Å². The zero-order valence-electron chi connectivity index (χ0n) is 8.06. The number of nitriles is 1. The Labute approximate surface area is 82.9 Å². The van der Waals surface area contributed by atoms with Crippen LogP contribution in [0.4, 0.5) is 0 Å². The van der Waals surface area contributed by atoms with Gasteiger partial charge in [0.15, 0.2) is 0 Å². The normalized spacial score (nSPS) is 10.0. The Morgan fingerprint density at radius 1 is 1.36 bits per heavy atom. The van der Waals surface area contributed by atoms with Crippen molar-refractivity contribution in [3.05, 3.63) is 12.2 Å². The van der Waals surface area contributed by atoms with Crippen LogP contribution >= 0.6 is 0 Å². The number of hydrogen-bond acceptors (Lipinski definition) is 5. The second-order valence-corrected chi connectivity index (χ2v) is 2.24. The highest BCUT2D eigenvalue weighted by atomic mass is 16.6. The average Bonchev–Trinajstić information content (AvgIpc) is 2.20. The van der Waals surface area contributed by atoms with Gasteiger partial charge in [-0.15, -0.1) is 0 Å². The van der Waals surface area contributed by atoms with Crippen LogP contribution in [0.1, 0.15) is 0 Å². The van der Waals surface area contributed by atoms with Gasteiger partial charge in [-0.2, -0.15) is 5.26 Å². The molecule has 0 aliphatic heterocycles. The van der Waals surface area contributed by atoms with Crippen molar-refractivity contribution in [3.63, 3.8) is 0 Å².